The van der Waals surface area contributed by atoms with Crippen LogP contribution in [-0.2, 0) is 6.42 Å². The van der Waals surface area contributed by atoms with E-state index in [0.29, 0.717) is 12.0 Å². The second-order valence-electron chi connectivity index (χ2n) is 4.42. The third kappa shape index (κ3) is 2.88. The van der Waals surface area contributed by atoms with Gasteiger partial charge in [0.05, 0.1) is 4.92 Å². The molecular weight excluding hydrogens is 247 g/mol. The van der Waals surface area contributed by atoms with Gasteiger partial charge in [0.1, 0.15) is 11.5 Å². The molecule has 0 aromatic heterocycles. The van der Waals surface area contributed by atoms with Gasteiger partial charge < -0.3 is 5.73 Å². The van der Waals surface area contributed by atoms with Gasteiger partial charge >= 0.3 is 0 Å². The van der Waals surface area contributed by atoms with Crippen molar-refractivity contribution in [1.82, 2.24) is 0 Å². The highest BCUT2D eigenvalue weighted by atomic mass is 19.1. The van der Waals surface area contributed by atoms with Crippen molar-refractivity contribution in [2.75, 3.05) is 5.73 Å². The normalized spacial score (nSPS) is 10.4. The molecule has 0 aliphatic heterocycles. The van der Waals surface area contributed by atoms with Crippen LogP contribution in [0.5, 0.6) is 0 Å². The van der Waals surface area contributed by atoms with Crippen LogP contribution in [0.15, 0.2) is 36.4 Å². The molecule has 0 bridgehead atoms. The molecule has 19 heavy (non-hydrogen) atoms. The van der Waals surface area contributed by atoms with E-state index in [-0.39, 0.29) is 17.2 Å². The van der Waals surface area contributed by atoms with Gasteiger partial charge in [-0.25, -0.2) is 4.39 Å². The van der Waals surface area contributed by atoms with Gasteiger partial charge in [-0.1, -0.05) is 18.2 Å². The van der Waals surface area contributed by atoms with Gasteiger partial charge in [-0.2, -0.15) is 0 Å². The fourth-order valence-corrected chi connectivity index (χ4v) is 2.02. The number of aryl methyl sites for hydroxylation is 1. The van der Waals surface area contributed by atoms with Crippen LogP contribution in [0.4, 0.5) is 15.8 Å². The minimum atomic E-state index is -0.503. The summed E-state index contributed by atoms with van der Waals surface area (Å²) in [7, 11) is 0. The Bertz CT molecular complexity index is 641. The Morgan fingerprint density at radius 1 is 1.32 bits per heavy atom. The first-order valence-corrected chi connectivity index (χ1v) is 5.75. The maximum Gasteiger partial charge on any atom is 0.292 e. The Balaban J connectivity index is 2.43. The van der Waals surface area contributed by atoms with Crippen molar-refractivity contribution in [3.8, 4) is 0 Å². The molecule has 0 spiro atoms. The third-order valence-electron chi connectivity index (χ3n) is 2.87. The van der Waals surface area contributed by atoms with E-state index in [0.717, 1.165) is 11.1 Å². The number of nitrogens with zero attached hydrogens (tertiary/aromatic N) is 1. The van der Waals surface area contributed by atoms with Crippen LogP contribution >= 0.6 is 0 Å². The maximum atomic E-state index is 13.1. The van der Waals surface area contributed by atoms with Gasteiger partial charge in [-0.15, -0.1) is 0 Å². The Labute approximate surface area is 109 Å². The number of hydrogen-bond donors (Lipinski definition) is 1. The average molecular weight is 260 g/mol. The molecule has 0 aliphatic rings. The monoisotopic (exact) mass is 260 g/mol. The number of nitrogens with two attached hydrogens (primary N) is 1. The molecule has 4 nitrogen and oxygen atoms in total. The fraction of sp³-hybridized carbons (Fsp3) is 0.143. The lowest BCUT2D eigenvalue weighted by molar-refractivity contribution is -0.384. The molecule has 2 aromatic rings. The minimum absolute atomic E-state index is 0.105. The zero-order chi connectivity index (χ0) is 14.0. The van der Waals surface area contributed by atoms with Crippen molar-refractivity contribution in [1.29, 1.82) is 0 Å². The first kappa shape index (κ1) is 13.0. The van der Waals surface area contributed by atoms with Crippen molar-refractivity contribution in [2.24, 2.45) is 0 Å². The number of rotatable bonds is 3. The molecule has 0 heterocycles. The molecule has 2 aromatic carbocycles. The Morgan fingerprint density at radius 3 is 2.68 bits per heavy atom. The summed E-state index contributed by atoms with van der Waals surface area (Å²) in [6.45, 7) is 1.77. The summed E-state index contributed by atoms with van der Waals surface area (Å²) in [6.07, 6.45) is 0.367. The summed E-state index contributed by atoms with van der Waals surface area (Å²) in [5, 5.41) is 10.9. The predicted molar refractivity (Wildman–Crippen MR) is 71.5 cm³/mol. The van der Waals surface area contributed by atoms with Crippen molar-refractivity contribution >= 4 is 11.4 Å². The van der Waals surface area contributed by atoms with Gasteiger partial charge in [-0.05, 0) is 42.2 Å². The predicted octanol–water partition coefficient (Wildman–Crippen LogP) is 3.22. The molecule has 0 radical (unpaired) electrons. The Hall–Kier alpha value is -2.43. The van der Waals surface area contributed by atoms with Gasteiger partial charge in [0.15, 0.2) is 0 Å². The lowest BCUT2D eigenvalue weighted by Crippen LogP contribution is -2.02. The molecule has 0 fully saturated rings. The molecule has 0 atom stereocenters. The van der Waals surface area contributed by atoms with E-state index in [1.807, 2.05) is 0 Å². The molecule has 0 amide bonds. The van der Waals surface area contributed by atoms with Gasteiger partial charge in [-0.3, -0.25) is 10.1 Å². The molecule has 2 N–H and O–H groups in total. The summed E-state index contributed by atoms with van der Waals surface area (Å²) in [5.41, 5.74) is 7.96. The van der Waals surface area contributed by atoms with Gasteiger partial charge in [0, 0.05) is 6.07 Å². The smallest absolute Gasteiger partial charge is 0.292 e. The molecule has 0 aliphatic carbocycles. The lowest BCUT2D eigenvalue weighted by atomic mass is 10.00. The third-order valence-corrected chi connectivity index (χ3v) is 2.87. The number of benzene rings is 2. The maximum absolute atomic E-state index is 13.1. The van der Waals surface area contributed by atoms with E-state index in [9.17, 15) is 14.5 Å². The molecular formula is C14H13FN2O2. The topological polar surface area (TPSA) is 69.2 Å². The number of nitro benzene ring substituents is 1. The number of anilines is 1. The summed E-state index contributed by atoms with van der Waals surface area (Å²) in [6, 6.07) is 9.33. The molecule has 0 saturated heterocycles. The van der Waals surface area contributed by atoms with Crippen LogP contribution in [-0.4, -0.2) is 4.92 Å². The first-order chi connectivity index (χ1) is 8.97. The molecule has 98 valence electrons. The van der Waals surface area contributed by atoms with Gasteiger partial charge in [0.25, 0.3) is 5.69 Å². The molecule has 5 heteroatoms. The summed E-state index contributed by atoms with van der Waals surface area (Å²) >= 11 is 0. The SMILES string of the molecule is Cc1cc(Cc2cccc(F)c2)c(N)c([N+](=O)[O-])c1. The lowest BCUT2D eigenvalue weighted by Gasteiger charge is -2.08. The van der Waals surface area contributed by atoms with Gasteiger partial charge in [0.2, 0.25) is 0 Å². The van der Waals surface area contributed by atoms with E-state index in [2.05, 4.69) is 0 Å². The Morgan fingerprint density at radius 2 is 2.05 bits per heavy atom. The van der Waals surface area contributed by atoms with Crippen LogP contribution in [0.3, 0.4) is 0 Å². The van der Waals surface area contributed by atoms with Crippen molar-refractivity contribution < 1.29 is 9.31 Å². The molecule has 2 rings (SSSR count). The van der Waals surface area contributed by atoms with E-state index < -0.39 is 4.92 Å². The van der Waals surface area contributed by atoms with Crippen molar-refractivity contribution in [3.05, 3.63) is 69.0 Å². The zero-order valence-corrected chi connectivity index (χ0v) is 10.4. The largest absolute Gasteiger partial charge is 0.393 e. The van der Waals surface area contributed by atoms with E-state index in [1.165, 1.54) is 18.2 Å². The van der Waals surface area contributed by atoms with Crippen LogP contribution in [0.1, 0.15) is 16.7 Å². The number of halogens is 1. The number of nitrogen functional groups attached to an aromatic ring is 1. The van der Waals surface area contributed by atoms with Crippen LogP contribution in [0, 0.1) is 22.9 Å². The molecule has 0 saturated carbocycles. The fourth-order valence-electron chi connectivity index (χ4n) is 2.02. The van der Waals surface area contributed by atoms with Crippen LogP contribution in [0.2, 0.25) is 0 Å². The average Bonchev–Trinajstić information content (AvgIpc) is 2.33. The minimum Gasteiger partial charge on any atom is -0.393 e. The molecule has 0 unspecified atom stereocenters. The second kappa shape index (κ2) is 5.06. The number of nitro groups is 1. The van der Waals surface area contributed by atoms with E-state index >= 15 is 0 Å². The summed E-state index contributed by atoms with van der Waals surface area (Å²) < 4.78 is 13.1. The quantitative estimate of drug-likeness (QED) is 0.523. The van der Waals surface area contributed by atoms with Crippen LogP contribution < -0.4 is 5.73 Å². The Kier molecular flexibility index (Phi) is 3.46. The summed E-state index contributed by atoms with van der Waals surface area (Å²) in [4.78, 5) is 10.4. The zero-order valence-electron chi connectivity index (χ0n) is 10.4. The second-order valence-corrected chi connectivity index (χ2v) is 4.42. The highest BCUT2D eigenvalue weighted by Gasteiger charge is 2.16. The van der Waals surface area contributed by atoms with E-state index in [1.54, 1.807) is 25.1 Å². The summed E-state index contributed by atoms with van der Waals surface area (Å²) in [5.74, 6) is -0.335. The van der Waals surface area contributed by atoms with Crippen LogP contribution in [0.25, 0.3) is 0 Å². The van der Waals surface area contributed by atoms with Crippen molar-refractivity contribution in [2.45, 2.75) is 13.3 Å². The van der Waals surface area contributed by atoms with Crippen molar-refractivity contribution in [3.63, 3.8) is 0 Å². The standard InChI is InChI=1S/C14H13FN2O2/c1-9-5-11(14(16)13(6-9)17(18)19)7-10-3-2-4-12(15)8-10/h2-6,8H,7,16H2,1H3. The van der Waals surface area contributed by atoms with E-state index in [4.69, 9.17) is 5.73 Å². The highest BCUT2D eigenvalue weighted by molar-refractivity contribution is 5.65. The first-order valence-electron chi connectivity index (χ1n) is 5.75. The number of hydrogen-bond acceptors (Lipinski definition) is 3. The highest BCUT2D eigenvalue weighted by Crippen LogP contribution is 2.28.